The number of rotatable bonds is 7. The predicted molar refractivity (Wildman–Crippen MR) is 158 cm³/mol. The standard InChI is InChI=1S/C32H48BNO7/c1-8-30(4)16-26(31(5)19(2)11-13-32(20(3)29(30)37)14-12-24(35)28(31)32)40-27(36)18-39-21-9-10-22-23(15-21)33(38)41-25(22)17-34(6)7/h8-10,15,19-20,24-26,28-29,35,37-38H,1,11-14,16-18H2,2-7H3/t19-,20+,24?,25?,26-,28+,29+,30-,31+,32+/m1/s1. The molecule has 1 heterocycles. The van der Waals surface area contributed by atoms with Crippen LogP contribution in [0.4, 0.5) is 0 Å². The van der Waals surface area contributed by atoms with E-state index in [1.165, 1.54) is 0 Å². The van der Waals surface area contributed by atoms with Crippen molar-refractivity contribution in [3.8, 4) is 5.75 Å². The van der Waals surface area contributed by atoms with Crippen molar-refractivity contribution in [2.75, 3.05) is 27.2 Å². The molecule has 0 radical (unpaired) electrons. The van der Waals surface area contributed by atoms with Crippen molar-refractivity contribution in [1.29, 1.82) is 0 Å². The summed E-state index contributed by atoms with van der Waals surface area (Å²) in [5.74, 6) is 0.0798. The van der Waals surface area contributed by atoms with Crippen molar-refractivity contribution in [3.05, 3.63) is 36.4 Å². The quantitative estimate of drug-likeness (QED) is 0.261. The maximum Gasteiger partial charge on any atom is 0.492 e. The molecule has 9 heteroatoms. The summed E-state index contributed by atoms with van der Waals surface area (Å²) in [6, 6.07) is 5.38. The number of hydrogen-bond acceptors (Lipinski definition) is 8. The molecule has 3 saturated carbocycles. The lowest BCUT2D eigenvalue weighted by atomic mass is 9.43. The molecule has 3 aliphatic carbocycles. The molecule has 5 rings (SSSR count). The fourth-order valence-corrected chi connectivity index (χ4v) is 9.05. The number of carbonyl (C=O) groups excluding carboxylic acids is 1. The molecule has 2 unspecified atom stereocenters. The van der Waals surface area contributed by atoms with Gasteiger partial charge in [0, 0.05) is 17.4 Å². The van der Waals surface area contributed by atoms with Crippen LogP contribution in [0.2, 0.25) is 0 Å². The molecule has 3 N–H and O–H groups in total. The number of fused-ring (bicyclic) bond motifs is 1. The van der Waals surface area contributed by atoms with Crippen LogP contribution in [0.3, 0.4) is 0 Å². The van der Waals surface area contributed by atoms with Crippen LogP contribution < -0.4 is 10.2 Å². The minimum Gasteiger partial charge on any atom is -0.482 e. The topological polar surface area (TPSA) is 109 Å². The van der Waals surface area contributed by atoms with Gasteiger partial charge in [0.2, 0.25) is 0 Å². The number of ether oxygens (including phenoxy) is 2. The zero-order valence-corrected chi connectivity index (χ0v) is 25.5. The van der Waals surface area contributed by atoms with Crippen LogP contribution in [0.25, 0.3) is 0 Å². The highest BCUT2D eigenvalue weighted by Crippen LogP contribution is 2.69. The van der Waals surface area contributed by atoms with Gasteiger partial charge >= 0.3 is 13.1 Å². The Hall–Kier alpha value is -1.91. The van der Waals surface area contributed by atoms with Crippen molar-refractivity contribution >= 4 is 18.6 Å². The van der Waals surface area contributed by atoms with E-state index in [0.29, 0.717) is 30.6 Å². The van der Waals surface area contributed by atoms with Gasteiger partial charge in [-0.2, -0.15) is 0 Å². The van der Waals surface area contributed by atoms with Gasteiger partial charge in [-0.1, -0.05) is 39.8 Å². The van der Waals surface area contributed by atoms with E-state index in [1.54, 1.807) is 12.1 Å². The van der Waals surface area contributed by atoms with E-state index in [0.717, 1.165) is 24.8 Å². The van der Waals surface area contributed by atoms with Gasteiger partial charge in [-0.05, 0) is 92.5 Å². The molecule has 10 atom stereocenters. The maximum atomic E-state index is 13.4. The molecule has 1 aromatic rings. The third-order valence-electron chi connectivity index (χ3n) is 11.7. The van der Waals surface area contributed by atoms with Crippen molar-refractivity contribution in [3.63, 3.8) is 0 Å². The maximum absolute atomic E-state index is 13.4. The Bertz CT molecular complexity index is 1160. The first-order valence-electron chi connectivity index (χ1n) is 15.2. The Balaban J connectivity index is 1.38. The highest BCUT2D eigenvalue weighted by molar-refractivity contribution is 6.61. The van der Waals surface area contributed by atoms with E-state index in [4.69, 9.17) is 14.1 Å². The van der Waals surface area contributed by atoms with Gasteiger partial charge in [0.15, 0.2) is 6.61 Å². The Kier molecular flexibility index (Phi) is 8.18. The lowest BCUT2D eigenvalue weighted by molar-refractivity contribution is -0.219. The first-order valence-corrected chi connectivity index (χ1v) is 15.2. The summed E-state index contributed by atoms with van der Waals surface area (Å²) in [6.45, 7) is 13.0. The molecule has 41 heavy (non-hydrogen) atoms. The Morgan fingerprint density at radius 1 is 1.22 bits per heavy atom. The molecule has 1 aromatic carbocycles. The summed E-state index contributed by atoms with van der Waals surface area (Å²) in [5, 5.41) is 33.5. The van der Waals surface area contributed by atoms with Crippen LogP contribution in [0.5, 0.6) is 5.75 Å². The van der Waals surface area contributed by atoms with E-state index in [-0.39, 0.29) is 35.9 Å². The zero-order chi connectivity index (χ0) is 29.9. The fraction of sp³-hybridized carbons (Fsp3) is 0.719. The van der Waals surface area contributed by atoms with E-state index in [2.05, 4.69) is 27.4 Å². The molecule has 0 spiro atoms. The second-order valence-electron chi connectivity index (χ2n) is 14.1. The number of esters is 1. The number of hydrogen-bond donors (Lipinski definition) is 3. The molecule has 2 bridgehead atoms. The van der Waals surface area contributed by atoms with Crippen molar-refractivity contribution < 1.29 is 34.2 Å². The lowest BCUT2D eigenvalue weighted by Crippen LogP contribution is -2.63. The normalized spacial score (nSPS) is 41.8. The van der Waals surface area contributed by atoms with Crippen LogP contribution in [-0.2, 0) is 14.2 Å². The van der Waals surface area contributed by atoms with Gasteiger partial charge in [-0.15, -0.1) is 6.58 Å². The molecule has 226 valence electrons. The zero-order valence-electron chi connectivity index (χ0n) is 25.5. The van der Waals surface area contributed by atoms with E-state index in [1.807, 2.05) is 38.1 Å². The number of benzene rings is 1. The highest BCUT2D eigenvalue weighted by atomic mass is 16.6. The van der Waals surface area contributed by atoms with Crippen LogP contribution in [0.15, 0.2) is 30.9 Å². The molecular formula is C32H48BNO7. The average molecular weight is 570 g/mol. The first kappa shape index (κ1) is 30.5. The monoisotopic (exact) mass is 569 g/mol. The largest absolute Gasteiger partial charge is 0.492 e. The number of nitrogens with zero attached hydrogens (tertiary/aromatic N) is 1. The average Bonchev–Trinajstić information content (AvgIpc) is 3.44. The molecule has 3 fully saturated rings. The molecule has 1 aliphatic heterocycles. The van der Waals surface area contributed by atoms with Gasteiger partial charge < -0.3 is 34.3 Å². The van der Waals surface area contributed by atoms with E-state index >= 15 is 0 Å². The smallest absolute Gasteiger partial charge is 0.482 e. The van der Waals surface area contributed by atoms with Gasteiger partial charge in [0.1, 0.15) is 11.9 Å². The van der Waals surface area contributed by atoms with E-state index < -0.39 is 42.2 Å². The number of likely N-dealkylation sites (N-methyl/N-ethyl adjacent to an activating group) is 1. The second-order valence-corrected chi connectivity index (χ2v) is 14.1. The molecule has 0 aromatic heterocycles. The Labute approximate surface area is 245 Å². The summed E-state index contributed by atoms with van der Waals surface area (Å²) in [7, 11) is 2.86. The molecule has 0 amide bonds. The first-order chi connectivity index (χ1) is 19.3. The lowest BCUT2D eigenvalue weighted by Gasteiger charge is -2.63. The second kappa shape index (κ2) is 11.0. The van der Waals surface area contributed by atoms with Crippen molar-refractivity contribution in [1.82, 2.24) is 4.90 Å². The molecular weight excluding hydrogens is 521 g/mol. The summed E-state index contributed by atoms with van der Waals surface area (Å²) in [4.78, 5) is 15.4. The number of aliphatic hydroxyl groups excluding tert-OH is 2. The Morgan fingerprint density at radius 3 is 2.61 bits per heavy atom. The van der Waals surface area contributed by atoms with Crippen LogP contribution in [0, 0.1) is 34.0 Å². The van der Waals surface area contributed by atoms with Gasteiger partial charge in [0.05, 0.1) is 18.3 Å². The van der Waals surface area contributed by atoms with Crippen LogP contribution in [-0.4, -0.2) is 78.8 Å². The van der Waals surface area contributed by atoms with Gasteiger partial charge in [0.25, 0.3) is 0 Å². The summed E-state index contributed by atoms with van der Waals surface area (Å²) in [5.41, 5.74) is 0.199. The Morgan fingerprint density at radius 2 is 1.93 bits per heavy atom. The third-order valence-corrected chi connectivity index (χ3v) is 11.7. The number of aliphatic hydroxyl groups is 2. The molecule has 0 saturated heterocycles. The van der Waals surface area contributed by atoms with Crippen molar-refractivity contribution in [2.45, 2.75) is 84.2 Å². The predicted octanol–water partition coefficient (Wildman–Crippen LogP) is 3.08. The highest BCUT2D eigenvalue weighted by Gasteiger charge is 2.68. The van der Waals surface area contributed by atoms with E-state index in [9.17, 15) is 20.0 Å². The number of carbonyl (C=O) groups is 1. The van der Waals surface area contributed by atoms with Crippen LogP contribution >= 0.6 is 0 Å². The minimum absolute atomic E-state index is 0.0177. The van der Waals surface area contributed by atoms with Gasteiger partial charge in [-0.3, -0.25) is 0 Å². The SMILES string of the molecule is C=C[C@]1(C)C[C@@H](OC(=O)COc2ccc3c(c2)B(O)OC3CN(C)C)[C@]2(C)[C@H](C)CC[C@]3(CCC(O)[C@H]32)[C@@H](C)[C@@H]1O. The molecule has 4 aliphatic rings. The fourth-order valence-electron chi connectivity index (χ4n) is 9.05. The molecule has 8 nitrogen and oxygen atoms in total. The van der Waals surface area contributed by atoms with Gasteiger partial charge in [-0.25, -0.2) is 4.79 Å². The summed E-state index contributed by atoms with van der Waals surface area (Å²) >= 11 is 0. The minimum atomic E-state index is -1.04. The summed E-state index contributed by atoms with van der Waals surface area (Å²) < 4.78 is 17.9. The van der Waals surface area contributed by atoms with Crippen molar-refractivity contribution in [2.24, 2.45) is 34.0 Å². The summed E-state index contributed by atoms with van der Waals surface area (Å²) in [6.07, 6.45) is 3.77. The third kappa shape index (κ3) is 4.95. The van der Waals surface area contributed by atoms with Crippen LogP contribution in [0.1, 0.15) is 71.5 Å².